The maximum absolute atomic E-state index is 6.09. The van der Waals surface area contributed by atoms with Crippen LogP contribution in [0.15, 0.2) is 24.3 Å². The van der Waals surface area contributed by atoms with Gasteiger partial charge in [-0.25, -0.2) is 0 Å². The third-order valence-corrected chi connectivity index (χ3v) is 4.99. The lowest BCUT2D eigenvalue weighted by molar-refractivity contribution is 0.187. The standard InChI is InChI=1S/C16H26N2OS/c1-4-19-15-8-6-5-7-13(15)14(11-17)18-9-10-20-16(2,3)12-18/h5-8,14H,4,9-12,17H2,1-3H3. The van der Waals surface area contributed by atoms with Crippen molar-refractivity contribution < 1.29 is 4.74 Å². The maximum atomic E-state index is 6.09. The van der Waals surface area contributed by atoms with Crippen LogP contribution in [0.1, 0.15) is 32.4 Å². The van der Waals surface area contributed by atoms with E-state index in [9.17, 15) is 0 Å². The molecule has 1 aliphatic heterocycles. The third kappa shape index (κ3) is 3.68. The van der Waals surface area contributed by atoms with E-state index in [0.717, 1.165) is 18.8 Å². The highest BCUT2D eigenvalue weighted by Crippen LogP contribution is 2.36. The SMILES string of the molecule is CCOc1ccccc1C(CN)N1CCSC(C)(C)C1. The number of nitrogens with zero attached hydrogens (tertiary/aromatic N) is 1. The van der Waals surface area contributed by atoms with Crippen molar-refractivity contribution in [2.24, 2.45) is 5.73 Å². The van der Waals surface area contributed by atoms with Crippen molar-refractivity contribution >= 4 is 11.8 Å². The first-order valence-corrected chi connectivity index (χ1v) is 8.36. The van der Waals surface area contributed by atoms with Crippen LogP contribution >= 0.6 is 11.8 Å². The van der Waals surface area contributed by atoms with Crippen LogP contribution in [-0.2, 0) is 0 Å². The summed E-state index contributed by atoms with van der Waals surface area (Å²) >= 11 is 2.05. The van der Waals surface area contributed by atoms with E-state index >= 15 is 0 Å². The first-order chi connectivity index (χ1) is 9.57. The summed E-state index contributed by atoms with van der Waals surface area (Å²) in [5.41, 5.74) is 7.31. The van der Waals surface area contributed by atoms with E-state index in [0.29, 0.717) is 17.9 Å². The molecule has 1 aromatic rings. The zero-order valence-corrected chi connectivity index (χ0v) is 13.6. The van der Waals surface area contributed by atoms with E-state index in [1.54, 1.807) is 0 Å². The van der Waals surface area contributed by atoms with Crippen molar-refractivity contribution in [3.8, 4) is 5.75 Å². The lowest BCUT2D eigenvalue weighted by Crippen LogP contribution is -2.46. The summed E-state index contributed by atoms with van der Waals surface area (Å²) < 4.78 is 6.07. The van der Waals surface area contributed by atoms with E-state index in [2.05, 4.69) is 30.9 Å². The van der Waals surface area contributed by atoms with Gasteiger partial charge in [0.05, 0.1) is 12.6 Å². The van der Waals surface area contributed by atoms with Crippen LogP contribution in [-0.4, -0.2) is 41.6 Å². The van der Waals surface area contributed by atoms with Crippen molar-refractivity contribution in [1.82, 2.24) is 4.90 Å². The van der Waals surface area contributed by atoms with E-state index in [-0.39, 0.29) is 6.04 Å². The molecule has 0 aromatic heterocycles. The number of benzene rings is 1. The Morgan fingerprint density at radius 2 is 2.15 bits per heavy atom. The fraction of sp³-hybridized carbons (Fsp3) is 0.625. The molecule has 0 aliphatic carbocycles. The summed E-state index contributed by atoms with van der Waals surface area (Å²) in [6, 6.07) is 8.54. The van der Waals surface area contributed by atoms with Crippen LogP contribution in [0.4, 0.5) is 0 Å². The molecule has 0 saturated carbocycles. The van der Waals surface area contributed by atoms with Crippen LogP contribution < -0.4 is 10.5 Å². The Kier molecular flexibility index (Phi) is 5.35. The summed E-state index contributed by atoms with van der Waals surface area (Å²) in [6.07, 6.45) is 0. The fourth-order valence-electron chi connectivity index (χ4n) is 2.83. The molecule has 1 fully saturated rings. The zero-order chi connectivity index (χ0) is 14.6. The van der Waals surface area contributed by atoms with Gasteiger partial charge in [-0.15, -0.1) is 0 Å². The highest BCUT2D eigenvalue weighted by molar-refractivity contribution is 8.00. The lowest BCUT2D eigenvalue weighted by atomic mass is 10.0. The van der Waals surface area contributed by atoms with E-state index in [1.165, 1.54) is 11.3 Å². The number of hydrogen-bond donors (Lipinski definition) is 1. The van der Waals surface area contributed by atoms with E-state index in [1.807, 2.05) is 30.8 Å². The molecule has 4 heteroatoms. The summed E-state index contributed by atoms with van der Waals surface area (Å²) in [5.74, 6) is 2.14. The normalized spacial score (nSPS) is 20.6. The van der Waals surface area contributed by atoms with Crippen molar-refractivity contribution in [3.63, 3.8) is 0 Å². The van der Waals surface area contributed by atoms with Crippen molar-refractivity contribution in [1.29, 1.82) is 0 Å². The first kappa shape index (κ1) is 15.7. The molecule has 0 radical (unpaired) electrons. The molecule has 1 aliphatic rings. The quantitative estimate of drug-likeness (QED) is 0.906. The van der Waals surface area contributed by atoms with Gasteiger partial charge in [0, 0.05) is 35.7 Å². The minimum absolute atomic E-state index is 0.248. The molecule has 2 N–H and O–H groups in total. The van der Waals surface area contributed by atoms with Gasteiger partial charge in [0.1, 0.15) is 5.75 Å². The molecule has 112 valence electrons. The van der Waals surface area contributed by atoms with Crippen LogP contribution in [0.3, 0.4) is 0 Å². The number of hydrogen-bond acceptors (Lipinski definition) is 4. The zero-order valence-electron chi connectivity index (χ0n) is 12.8. The lowest BCUT2D eigenvalue weighted by Gasteiger charge is -2.42. The highest BCUT2D eigenvalue weighted by Gasteiger charge is 2.32. The monoisotopic (exact) mass is 294 g/mol. The Bertz CT molecular complexity index is 436. The van der Waals surface area contributed by atoms with E-state index < -0.39 is 0 Å². The predicted molar refractivity (Wildman–Crippen MR) is 87.5 cm³/mol. The van der Waals surface area contributed by atoms with Crippen molar-refractivity contribution in [2.45, 2.75) is 31.6 Å². The van der Waals surface area contributed by atoms with Gasteiger partial charge in [-0.2, -0.15) is 11.8 Å². The number of thioether (sulfide) groups is 1. The predicted octanol–water partition coefficient (Wildman–Crippen LogP) is 2.91. The summed E-state index contributed by atoms with van der Waals surface area (Å²) in [7, 11) is 0. The number of rotatable bonds is 5. The van der Waals surface area contributed by atoms with Gasteiger partial charge in [-0.05, 0) is 26.8 Å². The van der Waals surface area contributed by atoms with E-state index in [4.69, 9.17) is 10.5 Å². The average molecular weight is 294 g/mol. The molecule has 0 amide bonds. The van der Waals surface area contributed by atoms with Gasteiger partial charge < -0.3 is 10.5 Å². The Morgan fingerprint density at radius 3 is 2.80 bits per heavy atom. The van der Waals surface area contributed by atoms with Crippen LogP contribution in [0, 0.1) is 0 Å². The number of nitrogens with two attached hydrogens (primary N) is 1. The number of para-hydroxylation sites is 1. The second kappa shape index (κ2) is 6.83. The minimum atomic E-state index is 0.248. The van der Waals surface area contributed by atoms with Gasteiger partial charge in [-0.1, -0.05) is 18.2 Å². The van der Waals surface area contributed by atoms with Gasteiger partial charge in [0.2, 0.25) is 0 Å². The number of ether oxygens (including phenoxy) is 1. The van der Waals surface area contributed by atoms with Crippen molar-refractivity contribution in [2.75, 3.05) is 32.0 Å². The van der Waals surface area contributed by atoms with Crippen LogP contribution in [0.5, 0.6) is 5.75 Å². The summed E-state index contributed by atoms with van der Waals surface area (Å²) in [6.45, 7) is 10.1. The molecule has 1 unspecified atom stereocenters. The fourth-order valence-corrected chi connectivity index (χ4v) is 3.97. The summed E-state index contributed by atoms with van der Waals surface area (Å²) in [4.78, 5) is 2.51. The minimum Gasteiger partial charge on any atom is -0.494 e. The maximum Gasteiger partial charge on any atom is 0.124 e. The molecule has 3 nitrogen and oxygen atoms in total. The van der Waals surface area contributed by atoms with Crippen molar-refractivity contribution in [3.05, 3.63) is 29.8 Å². The van der Waals surface area contributed by atoms with Gasteiger partial charge >= 0.3 is 0 Å². The average Bonchev–Trinajstić information content (AvgIpc) is 2.41. The molecule has 2 rings (SSSR count). The molecule has 1 atom stereocenters. The Labute approximate surface area is 126 Å². The molecule has 1 heterocycles. The molecular weight excluding hydrogens is 268 g/mol. The van der Waals surface area contributed by atoms with Gasteiger partial charge in [-0.3, -0.25) is 4.90 Å². The molecular formula is C16H26N2OS. The van der Waals surface area contributed by atoms with Crippen LogP contribution in [0.25, 0.3) is 0 Å². The second-order valence-electron chi connectivity index (χ2n) is 5.80. The Hall–Kier alpha value is -0.710. The molecule has 0 spiro atoms. The largest absolute Gasteiger partial charge is 0.494 e. The third-order valence-electron chi connectivity index (χ3n) is 3.70. The Morgan fingerprint density at radius 1 is 1.40 bits per heavy atom. The first-order valence-electron chi connectivity index (χ1n) is 7.37. The molecule has 20 heavy (non-hydrogen) atoms. The van der Waals surface area contributed by atoms with Gasteiger partial charge in [0.15, 0.2) is 0 Å². The van der Waals surface area contributed by atoms with Crippen LogP contribution in [0.2, 0.25) is 0 Å². The Balaban J connectivity index is 2.23. The topological polar surface area (TPSA) is 38.5 Å². The van der Waals surface area contributed by atoms with Gasteiger partial charge in [0.25, 0.3) is 0 Å². The molecule has 1 saturated heterocycles. The second-order valence-corrected chi connectivity index (χ2v) is 7.60. The molecule has 0 bridgehead atoms. The summed E-state index contributed by atoms with van der Waals surface area (Å²) in [5, 5.41) is 0. The highest BCUT2D eigenvalue weighted by atomic mass is 32.2. The molecule has 1 aromatic carbocycles. The smallest absolute Gasteiger partial charge is 0.124 e.